The van der Waals surface area contributed by atoms with Gasteiger partial charge >= 0.3 is 5.97 Å². The summed E-state index contributed by atoms with van der Waals surface area (Å²) in [4.78, 5) is 22.7. The number of carboxylic acids is 1. The topological polar surface area (TPSA) is 92.4 Å². The molecule has 0 radical (unpaired) electrons. The average Bonchev–Trinajstić information content (AvgIpc) is 2.81. The van der Waals surface area contributed by atoms with Gasteiger partial charge in [-0.05, 0) is 12.1 Å². The molecule has 2 N–H and O–H groups in total. The number of carbonyl (C=O) groups is 2. The summed E-state index contributed by atoms with van der Waals surface area (Å²) in [5.41, 5.74) is -0.0802. The van der Waals surface area contributed by atoms with E-state index in [4.69, 9.17) is 16.7 Å². The van der Waals surface area contributed by atoms with Crippen molar-refractivity contribution in [3.8, 4) is 0 Å². The summed E-state index contributed by atoms with van der Waals surface area (Å²) in [5, 5.41) is 14.8. The van der Waals surface area contributed by atoms with Gasteiger partial charge in [0, 0.05) is 6.07 Å². The molecule has 0 unspecified atom stereocenters. The lowest BCUT2D eigenvalue weighted by atomic mass is 10.1. The number of rotatable bonds is 3. The van der Waals surface area contributed by atoms with Gasteiger partial charge in [-0.15, -0.1) is 0 Å². The number of amides is 1. The standard InChI is InChI=1S/C11H7ClN2O4/c12-6-2-1-3-7(9(6)11(16)17)14-10(15)8-4-5-13-18-8/h1-5H,(H,14,15)(H,16,17). The highest BCUT2D eigenvalue weighted by molar-refractivity contribution is 6.34. The van der Waals surface area contributed by atoms with Crippen LogP contribution in [0.3, 0.4) is 0 Å². The van der Waals surface area contributed by atoms with Crippen LogP contribution in [0.5, 0.6) is 0 Å². The maximum Gasteiger partial charge on any atom is 0.339 e. The van der Waals surface area contributed by atoms with Gasteiger partial charge in [0.05, 0.1) is 16.9 Å². The van der Waals surface area contributed by atoms with Crippen molar-refractivity contribution in [1.82, 2.24) is 5.16 Å². The van der Waals surface area contributed by atoms with Crippen LogP contribution in [-0.4, -0.2) is 22.1 Å². The highest BCUT2D eigenvalue weighted by atomic mass is 35.5. The maximum atomic E-state index is 11.7. The number of benzene rings is 1. The zero-order valence-electron chi connectivity index (χ0n) is 8.88. The van der Waals surface area contributed by atoms with Gasteiger partial charge in [-0.2, -0.15) is 0 Å². The van der Waals surface area contributed by atoms with Crippen LogP contribution in [0.25, 0.3) is 0 Å². The van der Waals surface area contributed by atoms with Gasteiger partial charge in [-0.1, -0.05) is 22.8 Å². The predicted octanol–water partition coefficient (Wildman–Crippen LogP) is 2.28. The number of halogens is 1. The third-order valence-corrected chi connectivity index (χ3v) is 2.45. The largest absolute Gasteiger partial charge is 0.478 e. The lowest BCUT2D eigenvalue weighted by molar-refractivity contribution is 0.0698. The van der Waals surface area contributed by atoms with E-state index < -0.39 is 11.9 Å². The maximum absolute atomic E-state index is 11.7. The lowest BCUT2D eigenvalue weighted by Gasteiger charge is -2.07. The Labute approximate surface area is 106 Å². The van der Waals surface area contributed by atoms with Crippen LogP contribution in [0.15, 0.2) is 35.0 Å². The van der Waals surface area contributed by atoms with Crippen LogP contribution in [0.4, 0.5) is 5.69 Å². The molecular weight excluding hydrogens is 260 g/mol. The average molecular weight is 267 g/mol. The number of carboxylic acid groups (broad SMARTS) is 1. The second-order valence-corrected chi connectivity index (χ2v) is 3.71. The molecule has 0 fully saturated rings. The molecule has 1 heterocycles. The van der Waals surface area contributed by atoms with Gasteiger partial charge in [-0.25, -0.2) is 4.79 Å². The molecule has 18 heavy (non-hydrogen) atoms. The molecule has 1 aromatic carbocycles. The smallest absolute Gasteiger partial charge is 0.339 e. The molecule has 2 aromatic rings. The molecule has 92 valence electrons. The summed E-state index contributed by atoms with van der Waals surface area (Å²) < 4.78 is 4.66. The Kier molecular flexibility index (Phi) is 3.29. The fourth-order valence-electron chi connectivity index (χ4n) is 1.36. The van der Waals surface area contributed by atoms with Crippen LogP contribution in [-0.2, 0) is 0 Å². The summed E-state index contributed by atoms with van der Waals surface area (Å²) >= 11 is 5.76. The number of anilines is 1. The Morgan fingerprint density at radius 3 is 2.72 bits per heavy atom. The van der Waals surface area contributed by atoms with Gasteiger partial charge in [0.2, 0.25) is 5.76 Å². The summed E-state index contributed by atoms with van der Waals surface area (Å²) in [6.07, 6.45) is 1.31. The first-order valence-corrected chi connectivity index (χ1v) is 5.21. The Morgan fingerprint density at radius 1 is 1.33 bits per heavy atom. The third kappa shape index (κ3) is 2.33. The number of aromatic carboxylic acids is 1. The SMILES string of the molecule is O=C(Nc1cccc(Cl)c1C(=O)O)c1ccno1. The highest BCUT2D eigenvalue weighted by Gasteiger charge is 2.18. The normalized spacial score (nSPS) is 10.1. The van der Waals surface area contributed by atoms with Crippen LogP contribution in [0.1, 0.15) is 20.9 Å². The van der Waals surface area contributed by atoms with E-state index in [1.165, 1.54) is 30.5 Å². The summed E-state index contributed by atoms with van der Waals surface area (Å²) in [6.45, 7) is 0. The van der Waals surface area contributed by atoms with E-state index in [9.17, 15) is 9.59 Å². The molecule has 0 atom stereocenters. The van der Waals surface area contributed by atoms with Gasteiger partial charge in [0.25, 0.3) is 5.91 Å². The van der Waals surface area contributed by atoms with E-state index in [1.54, 1.807) is 0 Å². The molecule has 0 spiro atoms. The van der Waals surface area contributed by atoms with E-state index in [0.29, 0.717) is 0 Å². The van der Waals surface area contributed by atoms with E-state index in [2.05, 4.69) is 15.0 Å². The number of hydrogen-bond acceptors (Lipinski definition) is 4. The Hall–Kier alpha value is -2.34. The summed E-state index contributed by atoms with van der Waals surface area (Å²) in [5.74, 6) is -1.85. The molecule has 0 bridgehead atoms. The lowest BCUT2D eigenvalue weighted by Crippen LogP contribution is -2.14. The molecule has 0 saturated heterocycles. The predicted molar refractivity (Wildman–Crippen MR) is 62.9 cm³/mol. The minimum Gasteiger partial charge on any atom is -0.478 e. The van der Waals surface area contributed by atoms with Crippen molar-refractivity contribution in [3.05, 3.63) is 46.8 Å². The van der Waals surface area contributed by atoms with Crippen molar-refractivity contribution in [3.63, 3.8) is 0 Å². The second kappa shape index (κ2) is 4.89. The van der Waals surface area contributed by atoms with E-state index in [-0.39, 0.29) is 22.0 Å². The van der Waals surface area contributed by atoms with Crippen molar-refractivity contribution in [2.24, 2.45) is 0 Å². The van der Waals surface area contributed by atoms with Crippen molar-refractivity contribution in [2.45, 2.75) is 0 Å². The van der Waals surface area contributed by atoms with Gasteiger partial charge in [0.15, 0.2) is 0 Å². The second-order valence-electron chi connectivity index (χ2n) is 3.30. The van der Waals surface area contributed by atoms with Crippen molar-refractivity contribution in [2.75, 3.05) is 5.32 Å². The summed E-state index contributed by atoms with van der Waals surface area (Å²) in [6, 6.07) is 5.75. The van der Waals surface area contributed by atoms with Gasteiger partial charge in [0.1, 0.15) is 5.56 Å². The van der Waals surface area contributed by atoms with E-state index >= 15 is 0 Å². The first kappa shape index (κ1) is 12.1. The van der Waals surface area contributed by atoms with Crippen molar-refractivity contribution < 1.29 is 19.2 Å². The van der Waals surface area contributed by atoms with E-state index in [0.717, 1.165) is 0 Å². The van der Waals surface area contributed by atoms with Crippen LogP contribution >= 0.6 is 11.6 Å². The highest BCUT2D eigenvalue weighted by Crippen LogP contribution is 2.24. The number of hydrogen-bond donors (Lipinski definition) is 2. The molecule has 2 rings (SSSR count). The molecule has 1 aromatic heterocycles. The van der Waals surface area contributed by atoms with Crippen molar-refractivity contribution in [1.29, 1.82) is 0 Å². The van der Waals surface area contributed by atoms with E-state index in [1.807, 2.05) is 0 Å². The zero-order chi connectivity index (χ0) is 13.1. The van der Waals surface area contributed by atoms with Gasteiger partial charge in [-0.3, -0.25) is 4.79 Å². The van der Waals surface area contributed by atoms with Crippen LogP contribution in [0, 0.1) is 0 Å². The summed E-state index contributed by atoms with van der Waals surface area (Å²) in [7, 11) is 0. The number of carbonyl (C=O) groups excluding carboxylic acids is 1. The first-order chi connectivity index (χ1) is 8.59. The number of nitrogens with one attached hydrogen (secondary N) is 1. The molecule has 1 amide bonds. The molecule has 0 saturated carbocycles. The van der Waals surface area contributed by atoms with Gasteiger partial charge < -0.3 is 14.9 Å². The molecular formula is C11H7ClN2O4. The third-order valence-electron chi connectivity index (χ3n) is 2.14. The Bertz CT molecular complexity index is 595. The fraction of sp³-hybridized carbons (Fsp3) is 0. The number of nitrogens with zero attached hydrogens (tertiary/aromatic N) is 1. The molecule has 7 heteroatoms. The number of aromatic nitrogens is 1. The molecule has 0 aliphatic heterocycles. The zero-order valence-corrected chi connectivity index (χ0v) is 9.64. The van der Waals surface area contributed by atoms with Crippen LogP contribution in [0.2, 0.25) is 5.02 Å². The van der Waals surface area contributed by atoms with Crippen LogP contribution < -0.4 is 5.32 Å². The molecule has 0 aliphatic rings. The fourth-order valence-corrected chi connectivity index (χ4v) is 1.62. The van der Waals surface area contributed by atoms with Crippen molar-refractivity contribution >= 4 is 29.2 Å². The monoisotopic (exact) mass is 266 g/mol. The Balaban J connectivity index is 2.32. The first-order valence-electron chi connectivity index (χ1n) is 4.83. The minimum atomic E-state index is -1.23. The Morgan fingerprint density at radius 2 is 2.11 bits per heavy atom. The molecule has 6 nitrogen and oxygen atoms in total. The molecule has 0 aliphatic carbocycles. The minimum absolute atomic E-state index is 0.0219. The quantitative estimate of drug-likeness (QED) is 0.889.